The first-order valence-electron chi connectivity index (χ1n) is 56.7. The largest absolute Gasteiger partial charge is 0.396 e. The maximum Gasteiger partial charge on any atom is 0.0631 e. The second-order valence-electron chi connectivity index (χ2n) is 43.7. The number of hydrogen-bond acceptors (Lipinski definition) is 10. The van der Waals surface area contributed by atoms with Gasteiger partial charge in [0.05, 0.1) is 49.3 Å². The zero-order valence-electron chi connectivity index (χ0n) is 81.3. The molecule has 10 nitrogen and oxygen atoms in total. The summed E-state index contributed by atoms with van der Waals surface area (Å²) in [5, 5.41) is 59.2. The van der Waals surface area contributed by atoms with Gasteiger partial charge < -0.3 is 10.2 Å². The molecule has 9 fully saturated rings. The van der Waals surface area contributed by atoms with Gasteiger partial charge in [-0.15, -0.1) is 0 Å². The van der Waals surface area contributed by atoms with E-state index in [9.17, 15) is 10.2 Å². The first-order chi connectivity index (χ1) is 59.4. The van der Waals surface area contributed by atoms with E-state index in [1.807, 2.05) is 0 Å². The van der Waals surface area contributed by atoms with Gasteiger partial charge in [0, 0.05) is 13.2 Å². The lowest BCUT2D eigenvalue weighted by Gasteiger charge is -2.46. The van der Waals surface area contributed by atoms with Crippen molar-refractivity contribution in [2.45, 2.75) is 592 Å². The van der Waals surface area contributed by atoms with E-state index in [2.05, 4.69) is 41.5 Å². The molecule has 8 bridgehead atoms. The number of hydrogen-bond donors (Lipinski definition) is 10. The van der Waals surface area contributed by atoms with Crippen molar-refractivity contribution in [3.8, 4) is 0 Å². The number of rotatable bonds is 72. The van der Waals surface area contributed by atoms with Crippen LogP contribution in [0.15, 0.2) is 0 Å². The molecule has 5 aliphatic heterocycles. The Morgan fingerprint density at radius 2 is 0.242 bits per heavy atom. The van der Waals surface area contributed by atoms with Gasteiger partial charge in [0.15, 0.2) is 0 Å². The summed E-state index contributed by atoms with van der Waals surface area (Å²) in [4.78, 5) is 0. The molecule has 0 spiro atoms. The Labute approximate surface area is 747 Å². The van der Waals surface area contributed by atoms with Crippen molar-refractivity contribution in [3.05, 3.63) is 0 Å². The van der Waals surface area contributed by atoms with Gasteiger partial charge >= 0.3 is 0 Å². The first kappa shape index (κ1) is 103. The fourth-order valence-electron chi connectivity index (χ4n) is 28.2. The minimum atomic E-state index is 0.275. The average molecular weight is 1680 g/mol. The van der Waals surface area contributed by atoms with Crippen LogP contribution in [0.5, 0.6) is 0 Å². The van der Waals surface area contributed by atoms with E-state index in [1.54, 1.807) is 0 Å². The predicted octanol–water partition coefficient (Wildman–Crippen LogP) is 29.8. The van der Waals surface area contributed by atoms with E-state index in [1.165, 1.54) is 488 Å². The fraction of sp³-hybridized carbons (Fsp3) is 1.00. The minimum Gasteiger partial charge on any atom is -0.396 e. The van der Waals surface area contributed by atoms with Crippen LogP contribution >= 0.6 is 0 Å². The molecule has 5 heterocycles. The standard InChI is InChI=1S/C110H212N8O2/c1-7-13-19-25-31-39-49-59-69-87-77-78-88(70-60-50-40-32-26-20-14-8-2)96-95(87)103-111-104(96)113-106-98-90(72-62-52-42-34-28-22-16-10-4)80-82-92(74-64-54-44-36-30-24-18-12-6)100(98)108(115-106)117-110-102-94(76-66-56-46-38-48-58-68-86-120)84-83-93(75-65-55-45-37-47-57-67-85-119)101(102)109(118-110)116-107-99-91(73-63-53-43-35-29-23-17-11-5)81-79-89(97(99)105(112-103)114-107)71-61-51-41-33-27-21-15-9-3/h87-120H,7-86H2,1-6H3. The Bertz CT molecular complexity index is 1930. The molecule has 0 amide bonds. The number of fused-ring (bicyclic) bond motifs is 20. The van der Waals surface area contributed by atoms with Crippen molar-refractivity contribution in [2.24, 2.45) is 94.7 Å². The molecule has 5 saturated heterocycles. The lowest BCUT2D eigenvalue weighted by atomic mass is 9.62. The van der Waals surface area contributed by atoms with E-state index in [0.717, 1.165) is 60.2 Å². The van der Waals surface area contributed by atoms with E-state index in [-0.39, 0.29) is 24.7 Å². The topological polar surface area (TPSA) is 137 Å². The third kappa shape index (κ3) is 35.7. The van der Waals surface area contributed by atoms with Crippen LogP contribution < -0.4 is 42.5 Å². The minimum absolute atomic E-state index is 0.275. The Hall–Kier alpha value is -0.400. The van der Waals surface area contributed by atoms with Crippen molar-refractivity contribution in [1.82, 2.24) is 42.5 Å². The lowest BCUT2D eigenvalue weighted by molar-refractivity contribution is 0.0367. The van der Waals surface area contributed by atoms with E-state index in [0.29, 0.717) is 85.2 Å². The zero-order valence-corrected chi connectivity index (χ0v) is 81.3. The summed E-state index contributed by atoms with van der Waals surface area (Å²) in [6.45, 7) is 15.0. The molecule has 4 aliphatic carbocycles. The first-order valence-corrected chi connectivity index (χ1v) is 56.7. The van der Waals surface area contributed by atoms with Crippen molar-refractivity contribution >= 4 is 0 Å². The predicted molar refractivity (Wildman–Crippen MR) is 520 cm³/mol. The molecule has 9 aliphatic rings. The van der Waals surface area contributed by atoms with Crippen molar-refractivity contribution < 1.29 is 10.2 Å². The van der Waals surface area contributed by atoms with Crippen LogP contribution in [0.4, 0.5) is 0 Å². The van der Waals surface area contributed by atoms with E-state index < -0.39 is 0 Å². The molecule has 0 aromatic heterocycles. The van der Waals surface area contributed by atoms with Crippen LogP contribution in [0.3, 0.4) is 0 Å². The van der Waals surface area contributed by atoms with Crippen molar-refractivity contribution in [2.75, 3.05) is 13.2 Å². The summed E-state index contributed by atoms with van der Waals surface area (Å²) in [6.07, 6.45) is 111. The highest BCUT2D eigenvalue weighted by Crippen LogP contribution is 2.56. The molecular formula is C110H212N8O2. The van der Waals surface area contributed by atoms with Gasteiger partial charge in [-0.1, -0.05) is 478 Å². The molecule has 24 unspecified atom stereocenters. The molecule has 10 heteroatoms. The third-order valence-corrected chi connectivity index (χ3v) is 34.8. The van der Waals surface area contributed by atoms with Crippen LogP contribution in [0.25, 0.3) is 0 Å². The van der Waals surface area contributed by atoms with Crippen LogP contribution in [-0.2, 0) is 0 Å². The molecular weight excluding hydrogens is 1470 g/mol. The van der Waals surface area contributed by atoms with Crippen LogP contribution in [0.1, 0.15) is 542 Å². The van der Waals surface area contributed by atoms with Gasteiger partial charge in [-0.05, 0) is 159 Å². The highest BCUT2D eigenvalue weighted by Gasteiger charge is 2.61. The van der Waals surface area contributed by atoms with Crippen molar-refractivity contribution in [1.29, 1.82) is 0 Å². The molecule has 0 aromatic carbocycles. The summed E-state index contributed by atoms with van der Waals surface area (Å²) in [7, 11) is 0. The van der Waals surface area contributed by atoms with Gasteiger partial charge in [-0.25, -0.2) is 0 Å². The number of aliphatic hydroxyl groups excluding tert-OH is 2. The fourth-order valence-corrected chi connectivity index (χ4v) is 28.2. The third-order valence-electron chi connectivity index (χ3n) is 34.8. The quantitative estimate of drug-likeness (QED) is 0.0268. The molecule has 9 rings (SSSR count). The Morgan fingerprint density at radius 3 is 0.350 bits per heavy atom. The highest BCUT2D eigenvalue weighted by molar-refractivity contribution is 5.14. The van der Waals surface area contributed by atoms with Gasteiger partial charge in [-0.2, -0.15) is 0 Å². The highest BCUT2D eigenvalue weighted by atomic mass is 16.3. The van der Waals surface area contributed by atoms with Crippen LogP contribution in [0.2, 0.25) is 0 Å². The van der Waals surface area contributed by atoms with Crippen molar-refractivity contribution in [3.63, 3.8) is 0 Å². The van der Waals surface area contributed by atoms with Gasteiger partial charge in [0.1, 0.15) is 0 Å². The monoisotopic (exact) mass is 1680 g/mol. The number of unbranched alkanes of at least 4 members (excludes halogenated alkanes) is 54. The molecule has 24 atom stereocenters. The van der Waals surface area contributed by atoms with Crippen LogP contribution in [0, 0.1) is 94.7 Å². The molecule has 4 saturated carbocycles. The summed E-state index contributed by atoms with van der Waals surface area (Å²) in [6, 6.07) is 0. The average Bonchev–Trinajstić information content (AvgIpc) is 1.58. The number of aliphatic hydroxyl groups is 2. The summed E-state index contributed by atoms with van der Waals surface area (Å²) in [5.41, 5.74) is 0. The molecule has 0 aromatic rings. The second kappa shape index (κ2) is 64.4. The zero-order chi connectivity index (χ0) is 84.1. The molecule has 10 N–H and O–H groups in total. The molecule has 704 valence electrons. The Morgan fingerprint density at radius 1 is 0.142 bits per heavy atom. The molecule has 120 heavy (non-hydrogen) atoms. The summed E-state index contributed by atoms with van der Waals surface area (Å²) < 4.78 is 0. The smallest absolute Gasteiger partial charge is 0.0631 e. The van der Waals surface area contributed by atoms with E-state index >= 15 is 0 Å². The SMILES string of the molecule is CCCCCCCCCCC1CCC(CCCCCCCCCC)C2C3NC(NC4NC(NC5NC(NC6NC(N3)C3C(CCCCCCCCCC)CCC(CCCCCCCCCC)C63)C3C(CCCCCCCCCO)CCC(CCCCCCCCCO)C53)C3C(CCCCCCCCCC)CCC(CCCCCCCCCC)C43)C12. The van der Waals surface area contributed by atoms with Gasteiger partial charge in [-0.3, -0.25) is 42.5 Å². The second-order valence-corrected chi connectivity index (χ2v) is 43.7. The summed E-state index contributed by atoms with van der Waals surface area (Å²) >= 11 is 0. The number of nitrogens with one attached hydrogen (secondary N) is 8. The Balaban J connectivity index is 1.15. The van der Waals surface area contributed by atoms with Crippen LogP contribution in [-0.4, -0.2) is 72.8 Å². The normalized spacial score (nSPS) is 32.2. The van der Waals surface area contributed by atoms with Gasteiger partial charge in [0.2, 0.25) is 0 Å². The molecule has 0 radical (unpaired) electrons. The van der Waals surface area contributed by atoms with E-state index in [4.69, 9.17) is 42.5 Å². The maximum absolute atomic E-state index is 9.72. The summed E-state index contributed by atoms with van der Waals surface area (Å²) in [5.74, 6) is 11.0. The lowest BCUT2D eigenvalue weighted by Crippen LogP contribution is -2.62. The Kier molecular flexibility index (Phi) is 55.4. The van der Waals surface area contributed by atoms with Gasteiger partial charge in [0.25, 0.3) is 0 Å². The maximum atomic E-state index is 9.72.